The van der Waals surface area contributed by atoms with Crippen LogP contribution in [0.1, 0.15) is 74.3 Å². The molecule has 0 atom stereocenters. The van der Waals surface area contributed by atoms with Crippen molar-refractivity contribution in [1.82, 2.24) is 15.1 Å². The maximum Gasteiger partial charge on any atom is 0.329 e. The minimum Gasteiger partial charge on any atom is -0.480 e. The highest BCUT2D eigenvalue weighted by Crippen LogP contribution is 2.28. The second-order valence-corrected chi connectivity index (χ2v) is 6.50. The van der Waals surface area contributed by atoms with E-state index < -0.39 is 11.5 Å². The molecule has 0 spiro atoms. The Morgan fingerprint density at radius 3 is 2.52 bits per heavy atom. The molecule has 1 saturated carbocycles. The van der Waals surface area contributed by atoms with Crippen molar-refractivity contribution in [2.75, 3.05) is 0 Å². The number of aliphatic carboxylic acids is 1. The number of amides is 1. The second-order valence-electron chi connectivity index (χ2n) is 6.50. The molecule has 0 radical (unpaired) electrons. The van der Waals surface area contributed by atoms with E-state index in [2.05, 4.69) is 17.3 Å². The van der Waals surface area contributed by atoms with Crippen molar-refractivity contribution in [1.29, 1.82) is 0 Å². The number of nitrogens with one attached hydrogen (secondary N) is 1. The number of aryl methyl sites for hydroxylation is 2. The first kappa shape index (κ1) is 17.5. The number of nitrogens with zero attached hydrogens (tertiary/aromatic N) is 2. The molecule has 1 aromatic rings. The van der Waals surface area contributed by atoms with Gasteiger partial charge in [-0.1, -0.05) is 39.0 Å². The molecule has 2 N–H and O–H groups in total. The monoisotopic (exact) mass is 321 g/mol. The van der Waals surface area contributed by atoms with E-state index in [1.54, 1.807) is 17.8 Å². The van der Waals surface area contributed by atoms with Gasteiger partial charge in [-0.2, -0.15) is 5.10 Å². The molecule has 128 valence electrons. The summed E-state index contributed by atoms with van der Waals surface area (Å²) in [7, 11) is 0. The average Bonchev–Trinajstić information content (AvgIpc) is 2.72. The van der Waals surface area contributed by atoms with Crippen molar-refractivity contribution in [3.63, 3.8) is 0 Å². The van der Waals surface area contributed by atoms with Crippen LogP contribution >= 0.6 is 0 Å². The molecule has 1 amide bonds. The van der Waals surface area contributed by atoms with Crippen LogP contribution in [-0.4, -0.2) is 32.3 Å². The number of aromatic nitrogens is 2. The Bertz CT molecular complexity index is 557. The van der Waals surface area contributed by atoms with Gasteiger partial charge in [0.15, 0.2) is 0 Å². The highest BCUT2D eigenvalue weighted by molar-refractivity contribution is 5.98. The molecular weight excluding hydrogens is 294 g/mol. The smallest absolute Gasteiger partial charge is 0.329 e. The molecule has 0 unspecified atom stereocenters. The average molecular weight is 321 g/mol. The maximum atomic E-state index is 12.6. The normalized spacial score (nSPS) is 17.5. The molecule has 2 rings (SSSR count). The number of hydrogen-bond donors (Lipinski definition) is 2. The molecule has 0 bridgehead atoms. The Labute approximate surface area is 137 Å². The molecule has 1 aromatic heterocycles. The Kier molecular flexibility index (Phi) is 5.80. The summed E-state index contributed by atoms with van der Waals surface area (Å²) in [6, 6.07) is 0. The number of carbonyl (C=O) groups excluding carboxylic acids is 1. The van der Waals surface area contributed by atoms with Gasteiger partial charge in [0.1, 0.15) is 5.54 Å². The third-order valence-electron chi connectivity index (χ3n) is 4.65. The number of unbranched alkanes of at least 4 members (excludes halogenated alkanes) is 1. The number of carboxylic acids is 1. The van der Waals surface area contributed by atoms with E-state index in [-0.39, 0.29) is 5.91 Å². The maximum absolute atomic E-state index is 12.6. The molecule has 1 fully saturated rings. The standard InChI is InChI=1S/C17H27N3O3/c1-3-4-11-20-12-14(13(2)19-20)15(21)18-17(16(22)23)9-7-5-6-8-10-17/h12H,3-11H2,1-2H3,(H,18,21)(H,22,23). The SMILES string of the molecule is CCCCn1cc(C(=O)NC2(C(=O)O)CCCCCC2)c(C)n1. The Balaban J connectivity index is 2.15. The van der Waals surface area contributed by atoms with E-state index in [1.165, 1.54) is 0 Å². The largest absolute Gasteiger partial charge is 0.480 e. The highest BCUT2D eigenvalue weighted by atomic mass is 16.4. The zero-order chi connectivity index (χ0) is 16.9. The Morgan fingerprint density at radius 2 is 1.96 bits per heavy atom. The summed E-state index contributed by atoms with van der Waals surface area (Å²) < 4.78 is 1.77. The van der Waals surface area contributed by atoms with Gasteiger partial charge >= 0.3 is 5.97 Å². The summed E-state index contributed by atoms with van der Waals surface area (Å²) in [4.78, 5) is 24.4. The third kappa shape index (κ3) is 4.12. The van der Waals surface area contributed by atoms with Gasteiger partial charge in [-0.25, -0.2) is 4.79 Å². The van der Waals surface area contributed by atoms with Crippen LogP contribution in [-0.2, 0) is 11.3 Å². The molecule has 6 nitrogen and oxygen atoms in total. The number of carboxylic acid groups (broad SMARTS) is 1. The van der Waals surface area contributed by atoms with Crippen LogP contribution in [0.2, 0.25) is 0 Å². The molecule has 1 aliphatic rings. The predicted molar refractivity (Wildman–Crippen MR) is 87.4 cm³/mol. The van der Waals surface area contributed by atoms with Crippen LogP contribution in [0.5, 0.6) is 0 Å². The summed E-state index contributed by atoms with van der Waals surface area (Å²) >= 11 is 0. The summed E-state index contributed by atoms with van der Waals surface area (Å²) in [5.41, 5.74) is -0.00956. The summed E-state index contributed by atoms with van der Waals surface area (Å²) in [5.74, 6) is -1.25. The third-order valence-corrected chi connectivity index (χ3v) is 4.65. The van der Waals surface area contributed by atoms with Crippen LogP contribution in [0.25, 0.3) is 0 Å². The molecule has 0 saturated heterocycles. The van der Waals surface area contributed by atoms with E-state index in [1.807, 2.05) is 0 Å². The lowest BCUT2D eigenvalue weighted by Gasteiger charge is -2.29. The van der Waals surface area contributed by atoms with E-state index in [0.29, 0.717) is 24.1 Å². The van der Waals surface area contributed by atoms with Gasteiger partial charge in [0, 0.05) is 12.7 Å². The Hall–Kier alpha value is -1.85. The van der Waals surface area contributed by atoms with Crippen molar-refractivity contribution in [3.05, 3.63) is 17.5 Å². The number of carbonyl (C=O) groups is 2. The zero-order valence-corrected chi connectivity index (χ0v) is 14.1. The molecule has 6 heteroatoms. The van der Waals surface area contributed by atoms with Crippen LogP contribution < -0.4 is 5.32 Å². The van der Waals surface area contributed by atoms with Gasteiger partial charge in [0.05, 0.1) is 11.3 Å². The molecule has 1 aliphatic carbocycles. The Morgan fingerprint density at radius 1 is 1.30 bits per heavy atom. The van der Waals surface area contributed by atoms with Crippen LogP contribution in [0.3, 0.4) is 0 Å². The van der Waals surface area contributed by atoms with E-state index in [0.717, 1.165) is 45.1 Å². The van der Waals surface area contributed by atoms with Crippen molar-refractivity contribution in [2.45, 2.75) is 77.3 Å². The van der Waals surface area contributed by atoms with E-state index in [4.69, 9.17) is 0 Å². The molecule has 0 aliphatic heterocycles. The lowest BCUT2D eigenvalue weighted by molar-refractivity contribution is -0.145. The first-order valence-corrected chi connectivity index (χ1v) is 8.58. The summed E-state index contributed by atoms with van der Waals surface area (Å²) in [6.07, 6.45) is 8.50. The van der Waals surface area contributed by atoms with Crippen molar-refractivity contribution < 1.29 is 14.7 Å². The molecule has 0 aromatic carbocycles. The van der Waals surface area contributed by atoms with Crippen molar-refractivity contribution >= 4 is 11.9 Å². The second kappa shape index (κ2) is 7.62. The van der Waals surface area contributed by atoms with E-state index >= 15 is 0 Å². The van der Waals surface area contributed by atoms with Gasteiger partial charge in [-0.15, -0.1) is 0 Å². The first-order chi connectivity index (χ1) is 11.0. The summed E-state index contributed by atoms with van der Waals surface area (Å²) in [5, 5.41) is 16.8. The van der Waals surface area contributed by atoms with Gasteiger partial charge in [0.25, 0.3) is 5.91 Å². The number of hydrogen-bond acceptors (Lipinski definition) is 3. The molecule has 1 heterocycles. The van der Waals surface area contributed by atoms with Gasteiger partial charge in [0.2, 0.25) is 0 Å². The lowest BCUT2D eigenvalue weighted by Crippen LogP contribution is -2.54. The highest BCUT2D eigenvalue weighted by Gasteiger charge is 2.40. The van der Waals surface area contributed by atoms with Crippen molar-refractivity contribution in [3.8, 4) is 0 Å². The molecule has 23 heavy (non-hydrogen) atoms. The number of rotatable bonds is 6. The lowest BCUT2D eigenvalue weighted by atomic mass is 9.90. The van der Waals surface area contributed by atoms with Gasteiger partial charge in [-0.3, -0.25) is 9.48 Å². The quantitative estimate of drug-likeness (QED) is 0.789. The summed E-state index contributed by atoms with van der Waals surface area (Å²) in [6.45, 7) is 4.67. The fourth-order valence-corrected chi connectivity index (χ4v) is 3.18. The minimum absolute atomic E-state index is 0.324. The van der Waals surface area contributed by atoms with Gasteiger partial charge in [-0.05, 0) is 26.2 Å². The van der Waals surface area contributed by atoms with Gasteiger partial charge < -0.3 is 10.4 Å². The predicted octanol–water partition coefficient (Wildman–Crippen LogP) is 2.90. The first-order valence-electron chi connectivity index (χ1n) is 8.58. The van der Waals surface area contributed by atoms with Crippen molar-refractivity contribution in [2.24, 2.45) is 0 Å². The topological polar surface area (TPSA) is 84.2 Å². The van der Waals surface area contributed by atoms with E-state index in [9.17, 15) is 14.7 Å². The van der Waals surface area contributed by atoms with Crippen LogP contribution in [0.4, 0.5) is 0 Å². The molecular formula is C17H27N3O3. The van der Waals surface area contributed by atoms with Crippen LogP contribution in [0, 0.1) is 6.92 Å². The minimum atomic E-state index is -1.13. The fourth-order valence-electron chi connectivity index (χ4n) is 3.18. The zero-order valence-electron chi connectivity index (χ0n) is 14.1. The van der Waals surface area contributed by atoms with Crippen LogP contribution in [0.15, 0.2) is 6.20 Å². The fraction of sp³-hybridized carbons (Fsp3) is 0.706.